The molecule has 5 heteroatoms. The van der Waals surface area contributed by atoms with E-state index < -0.39 is 5.97 Å². The molecule has 1 N–H and O–H groups in total. The number of aromatic carboxylic acids is 1. The van der Waals surface area contributed by atoms with Crippen LogP contribution in [0.3, 0.4) is 0 Å². The molecule has 0 amide bonds. The fourth-order valence-corrected chi connectivity index (χ4v) is 2.37. The highest BCUT2D eigenvalue weighted by Crippen LogP contribution is 2.23. The average Bonchev–Trinajstić information content (AvgIpc) is 2.82. The lowest BCUT2D eigenvalue weighted by molar-refractivity contribution is 0.0689. The molecule has 2 aromatic heterocycles. The van der Waals surface area contributed by atoms with E-state index in [0.29, 0.717) is 5.65 Å². The van der Waals surface area contributed by atoms with Crippen LogP contribution in [-0.2, 0) is 0 Å². The first-order valence-electron chi connectivity index (χ1n) is 5.62. The van der Waals surface area contributed by atoms with E-state index in [2.05, 4.69) is 20.9 Å². The lowest BCUT2D eigenvalue weighted by Crippen LogP contribution is -2.03. The van der Waals surface area contributed by atoms with Gasteiger partial charge in [-0.1, -0.05) is 34.1 Å². The molecule has 3 aromatic rings. The molecule has 3 rings (SSSR count). The molecule has 0 atom stereocenters. The molecule has 4 nitrogen and oxygen atoms in total. The number of carbonyl (C=O) groups is 1. The van der Waals surface area contributed by atoms with Crippen LogP contribution in [0.25, 0.3) is 16.9 Å². The van der Waals surface area contributed by atoms with Crippen molar-refractivity contribution in [3.05, 3.63) is 58.8 Å². The molecule has 0 saturated carbocycles. The number of benzene rings is 1. The first-order chi connectivity index (χ1) is 9.15. The summed E-state index contributed by atoms with van der Waals surface area (Å²) in [6.07, 6.45) is 1.74. The molecule has 19 heavy (non-hydrogen) atoms. The SMILES string of the molecule is O=C(O)c1cccc2nc(-c3cccc(Br)c3)cn12. The zero-order chi connectivity index (χ0) is 13.4. The molecule has 0 spiro atoms. The molecule has 1 aromatic carbocycles. The van der Waals surface area contributed by atoms with E-state index in [1.165, 1.54) is 0 Å². The highest BCUT2D eigenvalue weighted by molar-refractivity contribution is 9.10. The molecule has 0 fully saturated rings. The summed E-state index contributed by atoms with van der Waals surface area (Å²) in [5.74, 6) is -0.969. The second kappa shape index (κ2) is 4.51. The number of carboxylic acid groups (broad SMARTS) is 1. The lowest BCUT2D eigenvalue weighted by Gasteiger charge is -1.98. The second-order valence-corrected chi connectivity index (χ2v) is 5.00. The third-order valence-electron chi connectivity index (χ3n) is 2.83. The van der Waals surface area contributed by atoms with Crippen LogP contribution < -0.4 is 0 Å². The maximum atomic E-state index is 11.2. The van der Waals surface area contributed by atoms with Gasteiger partial charge in [-0.2, -0.15) is 0 Å². The molecular formula is C14H9BrN2O2. The predicted octanol–water partition coefficient (Wildman–Crippen LogP) is 3.46. The van der Waals surface area contributed by atoms with E-state index >= 15 is 0 Å². The van der Waals surface area contributed by atoms with Crippen LogP contribution in [0.1, 0.15) is 10.5 Å². The fraction of sp³-hybridized carbons (Fsp3) is 0. The van der Waals surface area contributed by atoms with Crippen LogP contribution in [-0.4, -0.2) is 20.5 Å². The van der Waals surface area contributed by atoms with Gasteiger partial charge in [0.25, 0.3) is 0 Å². The Kier molecular flexibility index (Phi) is 2.83. The lowest BCUT2D eigenvalue weighted by atomic mass is 10.2. The average molecular weight is 317 g/mol. The minimum absolute atomic E-state index is 0.200. The number of carboxylic acids is 1. The van der Waals surface area contributed by atoms with Gasteiger partial charge in [0.2, 0.25) is 0 Å². The maximum Gasteiger partial charge on any atom is 0.352 e. The van der Waals surface area contributed by atoms with Crippen LogP contribution in [0, 0.1) is 0 Å². The predicted molar refractivity (Wildman–Crippen MR) is 75.3 cm³/mol. The normalized spacial score (nSPS) is 10.8. The molecule has 0 bridgehead atoms. The summed E-state index contributed by atoms with van der Waals surface area (Å²) in [4.78, 5) is 15.6. The van der Waals surface area contributed by atoms with Gasteiger partial charge in [-0.3, -0.25) is 4.40 Å². The number of halogens is 1. The summed E-state index contributed by atoms with van der Waals surface area (Å²) in [6, 6.07) is 12.8. The summed E-state index contributed by atoms with van der Waals surface area (Å²) in [7, 11) is 0. The van der Waals surface area contributed by atoms with Crippen molar-refractivity contribution >= 4 is 27.5 Å². The molecule has 0 aliphatic carbocycles. The van der Waals surface area contributed by atoms with Crippen LogP contribution >= 0.6 is 15.9 Å². The van der Waals surface area contributed by atoms with Gasteiger partial charge < -0.3 is 5.11 Å². The maximum absolute atomic E-state index is 11.2. The number of rotatable bonds is 2. The first kappa shape index (κ1) is 11.9. The van der Waals surface area contributed by atoms with Crippen molar-refractivity contribution in [3.63, 3.8) is 0 Å². The van der Waals surface area contributed by atoms with Gasteiger partial charge in [-0.05, 0) is 24.3 Å². The molecular weight excluding hydrogens is 308 g/mol. The van der Waals surface area contributed by atoms with Gasteiger partial charge in [0, 0.05) is 16.2 Å². The summed E-state index contributed by atoms with van der Waals surface area (Å²) >= 11 is 3.41. The molecule has 0 aliphatic rings. The Hall–Kier alpha value is -2.14. The van der Waals surface area contributed by atoms with Crippen LogP contribution in [0.2, 0.25) is 0 Å². The van der Waals surface area contributed by atoms with E-state index in [1.807, 2.05) is 24.3 Å². The summed E-state index contributed by atoms with van der Waals surface area (Å²) in [5.41, 5.74) is 2.51. The van der Waals surface area contributed by atoms with Crippen LogP contribution in [0.15, 0.2) is 53.1 Å². The van der Waals surface area contributed by atoms with Crippen LogP contribution in [0.4, 0.5) is 0 Å². The van der Waals surface area contributed by atoms with Gasteiger partial charge in [0.05, 0.1) is 5.69 Å². The van der Waals surface area contributed by atoms with E-state index in [9.17, 15) is 4.79 Å². The highest BCUT2D eigenvalue weighted by Gasteiger charge is 2.11. The molecule has 0 saturated heterocycles. The minimum Gasteiger partial charge on any atom is -0.477 e. The fourth-order valence-electron chi connectivity index (χ4n) is 1.97. The zero-order valence-electron chi connectivity index (χ0n) is 9.75. The quantitative estimate of drug-likeness (QED) is 0.787. The highest BCUT2D eigenvalue weighted by atomic mass is 79.9. The van der Waals surface area contributed by atoms with Crippen molar-refractivity contribution in [2.45, 2.75) is 0 Å². The Bertz CT molecular complexity index is 780. The number of nitrogens with zero attached hydrogens (tertiary/aromatic N) is 2. The molecule has 0 aliphatic heterocycles. The zero-order valence-corrected chi connectivity index (χ0v) is 11.3. The Morgan fingerprint density at radius 2 is 2.00 bits per heavy atom. The van der Waals surface area contributed by atoms with Crippen molar-refractivity contribution < 1.29 is 9.90 Å². The molecule has 0 unspecified atom stereocenters. The van der Waals surface area contributed by atoms with Gasteiger partial charge in [-0.15, -0.1) is 0 Å². The summed E-state index contributed by atoms with van der Waals surface area (Å²) in [5, 5.41) is 9.15. The molecule has 2 heterocycles. The Balaban J connectivity index is 2.22. The second-order valence-electron chi connectivity index (χ2n) is 4.08. The number of fused-ring (bicyclic) bond motifs is 1. The van der Waals surface area contributed by atoms with Gasteiger partial charge in [0.15, 0.2) is 0 Å². The number of pyridine rings is 1. The van der Waals surface area contributed by atoms with Crippen molar-refractivity contribution in [2.75, 3.05) is 0 Å². The third-order valence-corrected chi connectivity index (χ3v) is 3.32. The van der Waals surface area contributed by atoms with Crippen molar-refractivity contribution in [1.29, 1.82) is 0 Å². The Labute approximate surface area is 117 Å². The topological polar surface area (TPSA) is 54.6 Å². The summed E-state index contributed by atoms with van der Waals surface area (Å²) < 4.78 is 2.54. The van der Waals surface area contributed by atoms with Gasteiger partial charge in [0.1, 0.15) is 11.3 Å². The van der Waals surface area contributed by atoms with Crippen molar-refractivity contribution in [3.8, 4) is 11.3 Å². The van der Waals surface area contributed by atoms with E-state index in [-0.39, 0.29) is 5.69 Å². The van der Waals surface area contributed by atoms with Gasteiger partial charge >= 0.3 is 5.97 Å². The van der Waals surface area contributed by atoms with Crippen LogP contribution in [0.5, 0.6) is 0 Å². The van der Waals surface area contributed by atoms with E-state index in [4.69, 9.17) is 5.11 Å². The largest absolute Gasteiger partial charge is 0.477 e. The standard InChI is InChI=1S/C14H9BrN2O2/c15-10-4-1-3-9(7-10)11-8-17-12(14(18)19)5-2-6-13(17)16-11/h1-8H,(H,18,19). The smallest absolute Gasteiger partial charge is 0.352 e. The molecule has 94 valence electrons. The van der Waals surface area contributed by atoms with E-state index in [1.54, 1.807) is 28.8 Å². The minimum atomic E-state index is -0.969. The van der Waals surface area contributed by atoms with Crippen molar-refractivity contribution in [2.24, 2.45) is 0 Å². The Morgan fingerprint density at radius 1 is 1.21 bits per heavy atom. The number of imidazole rings is 1. The monoisotopic (exact) mass is 316 g/mol. The number of hydrogen-bond donors (Lipinski definition) is 1. The summed E-state index contributed by atoms with van der Waals surface area (Å²) in [6.45, 7) is 0. The first-order valence-corrected chi connectivity index (χ1v) is 6.42. The molecule has 0 radical (unpaired) electrons. The van der Waals surface area contributed by atoms with E-state index in [0.717, 1.165) is 15.7 Å². The van der Waals surface area contributed by atoms with Gasteiger partial charge in [-0.25, -0.2) is 9.78 Å². The number of aromatic nitrogens is 2. The van der Waals surface area contributed by atoms with Crippen molar-refractivity contribution in [1.82, 2.24) is 9.38 Å². The number of hydrogen-bond acceptors (Lipinski definition) is 2. The Morgan fingerprint density at radius 3 is 2.74 bits per heavy atom. The third kappa shape index (κ3) is 2.13.